The molecule has 0 atom stereocenters. The van der Waals surface area contributed by atoms with Crippen LogP contribution in [0.5, 0.6) is 0 Å². The van der Waals surface area contributed by atoms with E-state index in [2.05, 4.69) is 12.6 Å². The van der Waals surface area contributed by atoms with E-state index < -0.39 is 0 Å². The van der Waals surface area contributed by atoms with Gasteiger partial charge in [-0.15, -0.1) is 0 Å². The van der Waals surface area contributed by atoms with Gasteiger partial charge in [0.1, 0.15) is 0 Å². The molecule has 0 aromatic heterocycles. The SMILES string of the molecule is C/C(=C\C1CCC(S)CC1)C(N)=O. The molecule has 1 aliphatic carbocycles. The predicted molar refractivity (Wildman–Crippen MR) is 57.7 cm³/mol. The molecule has 13 heavy (non-hydrogen) atoms. The lowest BCUT2D eigenvalue weighted by atomic mass is 9.87. The Morgan fingerprint density at radius 2 is 1.92 bits per heavy atom. The Labute approximate surface area is 85.0 Å². The third kappa shape index (κ3) is 3.43. The zero-order valence-electron chi connectivity index (χ0n) is 7.99. The van der Waals surface area contributed by atoms with Crippen molar-refractivity contribution in [3.8, 4) is 0 Å². The number of nitrogens with two attached hydrogens (primary N) is 1. The highest BCUT2D eigenvalue weighted by molar-refractivity contribution is 7.80. The van der Waals surface area contributed by atoms with Crippen LogP contribution in [0.3, 0.4) is 0 Å². The molecule has 1 saturated carbocycles. The van der Waals surface area contributed by atoms with E-state index >= 15 is 0 Å². The summed E-state index contributed by atoms with van der Waals surface area (Å²) in [7, 11) is 0. The van der Waals surface area contributed by atoms with Gasteiger partial charge < -0.3 is 5.73 Å². The zero-order valence-corrected chi connectivity index (χ0v) is 8.89. The highest BCUT2D eigenvalue weighted by atomic mass is 32.1. The van der Waals surface area contributed by atoms with Crippen molar-refractivity contribution in [2.75, 3.05) is 0 Å². The number of thiol groups is 1. The number of carbonyl (C=O) groups excluding carboxylic acids is 1. The molecule has 3 heteroatoms. The van der Waals surface area contributed by atoms with Gasteiger partial charge in [0.15, 0.2) is 0 Å². The summed E-state index contributed by atoms with van der Waals surface area (Å²) in [5.41, 5.74) is 5.85. The molecule has 0 heterocycles. The molecule has 0 bridgehead atoms. The van der Waals surface area contributed by atoms with E-state index in [4.69, 9.17) is 5.73 Å². The van der Waals surface area contributed by atoms with Crippen LogP contribution in [0.2, 0.25) is 0 Å². The lowest BCUT2D eigenvalue weighted by molar-refractivity contribution is -0.114. The summed E-state index contributed by atoms with van der Waals surface area (Å²) in [6, 6.07) is 0. The Bertz CT molecular complexity index is 217. The van der Waals surface area contributed by atoms with Crippen molar-refractivity contribution in [1.82, 2.24) is 0 Å². The molecule has 2 nitrogen and oxygen atoms in total. The third-order valence-corrected chi connectivity index (χ3v) is 3.13. The molecular formula is C10H17NOS. The fourth-order valence-electron chi connectivity index (χ4n) is 1.70. The first-order valence-corrected chi connectivity index (χ1v) is 5.27. The summed E-state index contributed by atoms with van der Waals surface area (Å²) >= 11 is 4.42. The first kappa shape index (κ1) is 10.6. The van der Waals surface area contributed by atoms with Crippen molar-refractivity contribution in [1.29, 1.82) is 0 Å². The van der Waals surface area contributed by atoms with E-state index in [1.165, 1.54) is 0 Å². The molecule has 1 fully saturated rings. The molecule has 0 saturated heterocycles. The van der Waals surface area contributed by atoms with Gasteiger partial charge in [-0.2, -0.15) is 12.6 Å². The molecule has 0 spiro atoms. The smallest absolute Gasteiger partial charge is 0.244 e. The van der Waals surface area contributed by atoms with Gasteiger partial charge in [-0.25, -0.2) is 0 Å². The Morgan fingerprint density at radius 1 is 1.38 bits per heavy atom. The highest BCUT2D eigenvalue weighted by Crippen LogP contribution is 2.28. The molecule has 0 unspecified atom stereocenters. The molecular weight excluding hydrogens is 182 g/mol. The van der Waals surface area contributed by atoms with Crippen molar-refractivity contribution in [2.45, 2.75) is 37.9 Å². The fraction of sp³-hybridized carbons (Fsp3) is 0.700. The van der Waals surface area contributed by atoms with Crippen LogP contribution in [0.15, 0.2) is 11.6 Å². The maximum Gasteiger partial charge on any atom is 0.244 e. The van der Waals surface area contributed by atoms with Crippen molar-refractivity contribution < 1.29 is 4.79 Å². The topological polar surface area (TPSA) is 43.1 Å². The van der Waals surface area contributed by atoms with Crippen molar-refractivity contribution in [2.24, 2.45) is 11.7 Å². The molecule has 2 N–H and O–H groups in total. The van der Waals surface area contributed by atoms with Crippen LogP contribution in [0.25, 0.3) is 0 Å². The number of rotatable bonds is 2. The predicted octanol–water partition coefficient (Wildman–Crippen LogP) is 1.91. The van der Waals surface area contributed by atoms with E-state index in [9.17, 15) is 4.79 Å². The van der Waals surface area contributed by atoms with Crippen LogP contribution in [0.1, 0.15) is 32.6 Å². The summed E-state index contributed by atoms with van der Waals surface area (Å²) in [6.45, 7) is 1.79. The van der Waals surface area contributed by atoms with Crippen molar-refractivity contribution >= 4 is 18.5 Å². The van der Waals surface area contributed by atoms with Crippen molar-refractivity contribution in [3.05, 3.63) is 11.6 Å². The second kappa shape index (κ2) is 4.70. The van der Waals surface area contributed by atoms with E-state index in [0.29, 0.717) is 16.7 Å². The quantitative estimate of drug-likeness (QED) is 0.518. The minimum absolute atomic E-state index is 0.298. The molecule has 74 valence electrons. The Morgan fingerprint density at radius 3 is 2.38 bits per heavy atom. The van der Waals surface area contributed by atoms with Crippen LogP contribution in [0.4, 0.5) is 0 Å². The van der Waals surface area contributed by atoms with Crippen LogP contribution in [-0.4, -0.2) is 11.2 Å². The molecule has 0 radical (unpaired) electrons. The van der Waals surface area contributed by atoms with E-state index in [-0.39, 0.29) is 5.91 Å². The van der Waals surface area contributed by atoms with Gasteiger partial charge >= 0.3 is 0 Å². The van der Waals surface area contributed by atoms with Gasteiger partial charge in [0, 0.05) is 10.8 Å². The standard InChI is InChI=1S/C10H17NOS/c1-7(10(11)12)6-8-2-4-9(13)5-3-8/h6,8-9,13H,2-5H2,1H3,(H2,11,12)/b7-6+. The maximum atomic E-state index is 10.8. The first-order valence-electron chi connectivity index (χ1n) is 4.76. The monoisotopic (exact) mass is 199 g/mol. The molecule has 0 aromatic carbocycles. The number of amides is 1. The van der Waals surface area contributed by atoms with Gasteiger partial charge in [-0.1, -0.05) is 6.08 Å². The molecule has 0 aliphatic heterocycles. The lowest BCUT2D eigenvalue weighted by Crippen LogP contribution is -2.16. The minimum atomic E-state index is -0.298. The van der Waals surface area contributed by atoms with Gasteiger partial charge in [-0.05, 0) is 38.5 Å². The van der Waals surface area contributed by atoms with Gasteiger partial charge in [0.05, 0.1) is 0 Å². The summed E-state index contributed by atoms with van der Waals surface area (Å²) in [6.07, 6.45) is 6.59. The van der Waals surface area contributed by atoms with E-state index in [1.807, 2.05) is 6.08 Å². The number of primary amides is 1. The largest absolute Gasteiger partial charge is 0.366 e. The number of carbonyl (C=O) groups is 1. The Balaban J connectivity index is 2.46. The average Bonchev–Trinajstić information content (AvgIpc) is 2.08. The Kier molecular flexibility index (Phi) is 3.85. The molecule has 1 rings (SSSR count). The summed E-state index contributed by atoms with van der Waals surface area (Å²) < 4.78 is 0. The van der Waals surface area contributed by atoms with E-state index in [1.54, 1.807) is 6.92 Å². The molecule has 1 amide bonds. The zero-order chi connectivity index (χ0) is 9.84. The average molecular weight is 199 g/mol. The summed E-state index contributed by atoms with van der Waals surface area (Å²) in [4.78, 5) is 10.8. The maximum absolute atomic E-state index is 10.8. The summed E-state index contributed by atoms with van der Waals surface area (Å²) in [5.74, 6) is 0.240. The fourth-order valence-corrected chi connectivity index (χ4v) is 2.00. The van der Waals surface area contributed by atoms with Crippen LogP contribution < -0.4 is 5.73 Å². The number of hydrogen-bond acceptors (Lipinski definition) is 2. The second-order valence-electron chi connectivity index (χ2n) is 3.78. The summed E-state index contributed by atoms with van der Waals surface area (Å²) in [5, 5.41) is 0.554. The van der Waals surface area contributed by atoms with E-state index in [0.717, 1.165) is 25.7 Å². The number of hydrogen-bond donors (Lipinski definition) is 2. The first-order chi connectivity index (χ1) is 6.09. The normalized spacial score (nSPS) is 30.2. The highest BCUT2D eigenvalue weighted by Gasteiger charge is 2.17. The van der Waals surface area contributed by atoms with Crippen LogP contribution >= 0.6 is 12.6 Å². The van der Waals surface area contributed by atoms with Crippen LogP contribution in [0, 0.1) is 5.92 Å². The molecule has 0 aromatic rings. The lowest BCUT2D eigenvalue weighted by Gasteiger charge is -2.23. The minimum Gasteiger partial charge on any atom is -0.366 e. The molecule has 1 aliphatic rings. The third-order valence-electron chi connectivity index (χ3n) is 2.62. The van der Waals surface area contributed by atoms with Crippen molar-refractivity contribution in [3.63, 3.8) is 0 Å². The van der Waals surface area contributed by atoms with Gasteiger partial charge in [0.2, 0.25) is 5.91 Å². The second-order valence-corrected chi connectivity index (χ2v) is 4.51. The van der Waals surface area contributed by atoms with Gasteiger partial charge in [0.25, 0.3) is 0 Å². The Hall–Kier alpha value is -0.440. The van der Waals surface area contributed by atoms with Gasteiger partial charge in [-0.3, -0.25) is 4.79 Å². The van der Waals surface area contributed by atoms with Crippen LogP contribution in [-0.2, 0) is 4.79 Å². The number of allylic oxidation sites excluding steroid dienone is 1.